The van der Waals surface area contributed by atoms with Gasteiger partial charge in [0.1, 0.15) is 0 Å². The van der Waals surface area contributed by atoms with Gasteiger partial charge in [0.05, 0.1) is 19.9 Å². The van der Waals surface area contributed by atoms with Crippen LogP contribution in [0.4, 0.5) is 5.69 Å². The van der Waals surface area contributed by atoms with Crippen LogP contribution in [0, 0.1) is 0 Å². The molecule has 152 valence electrons. The van der Waals surface area contributed by atoms with Crippen LogP contribution in [0.25, 0.3) is 0 Å². The van der Waals surface area contributed by atoms with Gasteiger partial charge in [-0.05, 0) is 42.8 Å². The van der Waals surface area contributed by atoms with Gasteiger partial charge in [-0.25, -0.2) is 0 Å². The highest BCUT2D eigenvalue weighted by molar-refractivity contribution is 6.20. The van der Waals surface area contributed by atoms with E-state index in [4.69, 9.17) is 9.47 Å². The third-order valence-corrected chi connectivity index (χ3v) is 4.89. The summed E-state index contributed by atoms with van der Waals surface area (Å²) in [4.78, 5) is 39.9. The lowest BCUT2D eigenvalue weighted by atomic mass is 10.1. The summed E-state index contributed by atoms with van der Waals surface area (Å²) in [6, 6.07) is 12.2. The second kappa shape index (κ2) is 8.77. The Labute approximate surface area is 169 Å². The zero-order chi connectivity index (χ0) is 21.0. The lowest BCUT2D eigenvalue weighted by molar-refractivity contribution is -0.121. The average Bonchev–Trinajstić information content (AvgIpc) is 3.09. The Balaban J connectivity index is 1.82. The van der Waals surface area contributed by atoms with Crippen LogP contribution >= 0.6 is 0 Å². The van der Waals surface area contributed by atoms with Crippen molar-refractivity contribution in [1.82, 2.24) is 4.90 Å². The van der Waals surface area contributed by atoms with E-state index in [2.05, 4.69) is 0 Å². The summed E-state index contributed by atoms with van der Waals surface area (Å²) in [6.07, 6.45) is 0.411. The number of rotatable bonds is 7. The Bertz CT molecular complexity index is 925. The monoisotopic (exact) mass is 396 g/mol. The molecule has 0 spiro atoms. The van der Waals surface area contributed by atoms with Gasteiger partial charge in [0.15, 0.2) is 11.5 Å². The van der Waals surface area contributed by atoms with E-state index < -0.39 is 0 Å². The van der Waals surface area contributed by atoms with Crippen molar-refractivity contribution in [2.45, 2.75) is 26.3 Å². The fourth-order valence-electron chi connectivity index (χ4n) is 3.35. The van der Waals surface area contributed by atoms with Gasteiger partial charge >= 0.3 is 0 Å². The molecule has 0 saturated carbocycles. The van der Waals surface area contributed by atoms with E-state index in [1.165, 1.54) is 0 Å². The third kappa shape index (κ3) is 4.23. The van der Waals surface area contributed by atoms with Gasteiger partial charge in [0.2, 0.25) is 11.8 Å². The van der Waals surface area contributed by atoms with Crippen LogP contribution in [0.2, 0.25) is 0 Å². The molecule has 7 heteroatoms. The molecule has 7 nitrogen and oxygen atoms in total. The number of methoxy groups -OCH3 is 2. The van der Waals surface area contributed by atoms with E-state index in [0.29, 0.717) is 35.8 Å². The number of hydrogen-bond acceptors (Lipinski definition) is 5. The van der Waals surface area contributed by atoms with Gasteiger partial charge < -0.3 is 14.4 Å². The standard InChI is InChI=1S/C22H24N2O5/c1-4-23(14-15-8-9-18(28-2)19(12-15)29-3)22(27)16-6-5-7-17(13-16)24-20(25)10-11-21(24)26/h5-9,12-13H,4,10-11,14H2,1-3H3. The Hall–Kier alpha value is -3.35. The molecule has 0 unspecified atom stereocenters. The topological polar surface area (TPSA) is 76.2 Å². The summed E-state index contributed by atoms with van der Waals surface area (Å²) in [6.45, 7) is 2.79. The maximum absolute atomic E-state index is 13.1. The van der Waals surface area contributed by atoms with E-state index in [-0.39, 0.29) is 30.6 Å². The minimum Gasteiger partial charge on any atom is -0.493 e. The van der Waals surface area contributed by atoms with Crippen molar-refractivity contribution in [1.29, 1.82) is 0 Å². The number of nitrogens with zero attached hydrogens (tertiary/aromatic N) is 2. The first kappa shape index (κ1) is 20.4. The van der Waals surface area contributed by atoms with E-state index in [1.54, 1.807) is 49.5 Å². The van der Waals surface area contributed by atoms with Crippen LogP contribution < -0.4 is 14.4 Å². The smallest absolute Gasteiger partial charge is 0.254 e. The van der Waals surface area contributed by atoms with Gasteiger partial charge in [0.25, 0.3) is 5.91 Å². The van der Waals surface area contributed by atoms with E-state index in [1.807, 2.05) is 19.1 Å². The highest BCUT2D eigenvalue weighted by atomic mass is 16.5. The lowest BCUT2D eigenvalue weighted by Crippen LogP contribution is -2.31. The summed E-state index contributed by atoms with van der Waals surface area (Å²) < 4.78 is 10.6. The molecule has 0 aromatic heterocycles. The summed E-state index contributed by atoms with van der Waals surface area (Å²) in [7, 11) is 3.14. The molecule has 0 bridgehead atoms. The molecular weight excluding hydrogens is 372 g/mol. The lowest BCUT2D eigenvalue weighted by Gasteiger charge is -2.22. The summed E-state index contributed by atoms with van der Waals surface area (Å²) in [5.74, 6) is 0.567. The first-order chi connectivity index (χ1) is 14.0. The Morgan fingerprint density at radius 2 is 1.69 bits per heavy atom. The maximum atomic E-state index is 13.1. The molecule has 1 heterocycles. The summed E-state index contributed by atoms with van der Waals surface area (Å²) in [5.41, 5.74) is 1.77. The molecule has 3 rings (SSSR count). The molecule has 0 aliphatic carbocycles. The number of imide groups is 1. The predicted octanol–water partition coefficient (Wildman–Crippen LogP) is 3.02. The molecule has 0 N–H and O–H groups in total. The summed E-state index contributed by atoms with van der Waals surface area (Å²) in [5, 5.41) is 0. The van der Waals surface area contributed by atoms with Crippen LogP contribution in [0.15, 0.2) is 42.5 Å². The molecular formula is C22H24N2O5. The minimum absolute atomic E-state index is 0.178. The number of carbonyl (C=O) groups excluding carboxylic acids is 3. The zero-order valence-electron chi connectivity index (χ0n) is 16.8. The SMILES string of the molecule is CCN(Cc1ccc(OC)c(OC)c1)C(=O)c1cccc(N2C(=O)CCC2=O)c1. The Morgan fingerprint density at radius 3 is 2.31 bits per heavy atom. The Morgan fingerprint density at radius 1 is 1.00 bits per heavy atom. The van der Waals surface area contributed by atoms with Crippen LogP contribution in [0.1, 0.15) is 35.7 Å². The van der Waals surface area contributed by atoms with Crippen molar-refractivity contribution in [3.63, 3.8) is 0 Å². The molecule has 1 aliphatic rings. The van der Waals surface area contributed by atoms with Crippen molar-refractivity contribution >= 4 is 23.4 Å². The van der Waals surface area contributed by atoms with Gasteiger partial charge in [-0.3, -0.25) is 19.3 Å². The molecule has 0 atom stereocenters. The molecule has 1 saturated heterocycles. The number of hydrogen-bond donors (Lipinski definition) is 0. The average molecular weight is 396 g/mol. The minimum atomic E-state index is -0.239. The van der Waals surface area contributed by atoms with Crippen molar-refractivity contribution in [3.8, 4) is 11.5 Å². The highest BCUT2D eigenvalue weighted by Crippen LogP contribution is 2.28. The molecule has 29 heavy (non-hydrogen) atoms. The first-order valence-corrected chi connectivity index (χ1v) is 9.44. The van der Waals surface area contributed by atoms with Gasteiger partial charge in [-0.1, -0.05) is 12.1 Å². The van der Waals surface area contributed by atoms with Gasteiger partial charge in [-0.15, -0.1) is 0 Å². The maximum Gasteiger partial charge on any atom is 0.254 e. The predicted molar refractivity (Wildman–Crippen MR) is 108 cm³/mol. The number of ether oxygens (including phenoxy) is 2. The van der Waals surface area contributed by atoms with Crippen molar-refractivity contribution in [3.05, 3.63) is 53.6 Å². The quantitative estimate of drug-likeness (QED) is 0.673. The summed E-state index contributed by atoms with van der Waals surface area (Å²) >= 11 is 0. The fraction of sp³-hybridized carbons (Fsp3) is 0.318. The number of amides is 3. The molecule has 2 aromatic rings. The highest BCUT2D eigenvalue weighted by Gasteiger charge is 2.30. The molecule has 2 aromatic carbocycles. The van der Waals surface area contributed by atoms with Crippen LogP contribution in [0.5, 0.6) is 11.5 Å². The van der Waals surface area contributed by atoms with E-state index in [0.717, 1.165) is 10.5 Å². The van der Waals surface area contributed by atoms with Gasteiger partial charge in [-0.2, -0.15) is 0 Å². The molecule has 1 fully saturated rings. The number of benzene rings is 2. The van der Waals surface area contributed by atoms with Crippen molar-refractivity contribution in [2.75, 3.05) is 25.7 Å². The second-order valence-electron chi connectivity index (χ2n) is 6.68. The number of anilines is 1. The third-order valence-electron chi connectivity index (χ3n) is 4.89. The fourth-order valence-corrected chi connectivity index (χ4v) is 3.35. The van der Waals surface area contributed by atoms with E-state index >= 15 is 0 Å². The molecule has 3 amide bonds. The van der Waals surface area contributed by atoms with Crippen LogP contribution in [-0.2, 0) is 16.1 Å². The normalized spacial score (nSPS) is 13.6. The van der Waals surface area contributed by atoms with Crippen LogP contribution in [-0.4, -0.2) is 43.4 Å². The van der Waals surface area contributed by atoms with Crippen molar-refractivity contribution in [2.24, 2.45) is 0 Å². The molecule has 1 aliphatic heterocycles. The Kier molecular flexibility index (Phi) is 6.16. The van der Waals surface area contributed by atoms with E-state index in [9.17, 15) is 14.4 Å². The second-order valence-corrected chi connectivity index (χ2v) is 6.68. The zero-order valence-corrected chi connectivity index (χ0v) is 16.8. The van der Waals surface area contributed by atoms with Crippen molar-refractivity contribution < 1.29 is 23.9 Å². The molecule has 0 radical (unpaired) electrons. The van der Waals surface area contributed by atoms with Gasteiger partial charge in [0, 0.05) is 31.5 Å². The number of carbonyl (C=O) groups is 3. The van der Waals surface area contributed by atoms with Crippen LogP contribution in [0.3, 0.4) is 0 Å². The first-order valence-electron chi connectivity index (χ1n) is 9.44. The largest absolute Gasteiger partial charge is 0.493 e.